The van der Waals surface area contributed by atoms with Crippen molar-refractivity contribution < 1.29 is 9.13 Å². The number of nitrogens with zero attached hydrogens (tertiary/aromatic N) is 1. The summed E-state index contributed by atoms with van der Waals surface area (Å²) in [6.07, 6.45) is 0. The van der Waals surface area contributed by atoms with Gasteiger partial charge in [-0.3, -0.25) is 0 Å². The van der Waals surface area contributed by atoms with Gasteiger partial charge in [0.2, 0.25) is 0 Å². The summed E-state index contributed by atoms with van der Waals surface area (Å²) in [5, 5.41) is 8.81. The first-order valence-corrected chi connectivity index (χ1v) is 6.74. The van der Waals surface area contributed by atoms with Crippen LogP contribution in [0.25, 0.3) is 0 Å². The summed E-state index contributed by atoms with van der Waals surface area (Å²) in [5.41, 5.74) is 1.02. The van der Waals surface area contributed by atoms with E-state index in [4.69, 9.17) is 21.6 Å². The molecule has 0 aliphatic rings. The second-order valence-corrected chi connectivity index (χ2v) is 4.38. The number of hydrogen-bond donors (Lipinski definition) is 0. The topological polar surface area (TPSA) is 33.0 Å². The van der Waals surface area contributed by atoms with E-state index in [2.05, 4.69) is 11.8 Å². The summed E-state index contributed by atoms with van der Waals surface area (Å²) in [4.78, 5) is 0. The predicted molar refractivity (Wildman–Crippen MR) is 79.5 cm³/mol. The molecule has 0 amide bonds. The summed E-state index contributed by atoms with van der Waals surface area (Å²) >= 11 is 5.54. The molecule has 0 aliphatic heterocycles. The third-order valence-electron chi connectivity index (χ3n) is 2.76. The predicted octanol–water partition coefficient (Wildman–Crippen LogP) is 3.87. The van der Waals surface area contributed by atoms with E-state index < -0.39 is 5.82 Å². The number of para-hydroxylation sites is 1. The van der Waals surface area contributed by atoms with Crippen LogP contribution in [-0.2, 0) is 6.61 Å². The van der Waals surface area contributed by atoms with Crippen LogP contribution in [0.1, 0.15) is 16.7 Å². The Labute approximate surface area is 127 Å². The fraction of sp³-hybridized carbons (Fsp3) is 0.118. The van der Waals surface area contributed by atoms with Crippen LogP contribution in [0.3, 0.4) is 0 Å². The van der Waals surface area contributed by atoms with Crippen molar-refractivity contribution in [3.63, 3.8) is 0 Å². The molecule has 0 N–H and O–H groups in total. The second kappa shape index (κ2) is 7.33. The lowest BCUT2D eigenvalue weighted by Gasteiger charge is -2.09. The number of alkyl halides is 1. The van der Waals surface area contributed by atoms with Gasteiger partial charge in [-0.1, -0.05) is 36.1 Å². The molecule has 104 valence electrons. The average Bonchev–Trinajstić information content (AvgIpc) is 2.52. The first-order chi connectivity index (χ1) is 10.3. The van der Waals surface area contributed by atoms with Crippen molar-refractivity contribution in [2.45, 2.75) is 6.61 Å². The molecule has 4 heteroatoms. The minimum Gasteiger partial charge on any atom is -0.487 e. The molecular weight excluding hydrogens is 289 g/mol. The van der Waals surface area contributed by atoms with Gasteiger partial charge >= 0.3 is 0 Å². The Morgan fingerprint density at radius 3 is 2.62 bits per heavy atom. The largest absolute Gasteiger partial charge is 0.487 e. The summed E-state index contributed by atoms with van der Waals surface area (Å²) in [6.45, 7) is 0.0287. The molecule has 0 saturated carbocycles. The van der Waals surface area contributed by atoms with Gasteiger partial charge < -0.3 is 4.74 Å². The zero-order valence-corrected chi connectivity index (χ0v) is 11.8. The van der Waals surface area contributed by atoms with E-state index in [1.165, 1.54) is 6.07 Å². The smallest absolute Gasteiger partial charge is 0.147 e. The van der Waals surface area contributed by atoms with Crippen LogP contribution in [0.15, 0.2) is 42.5 Å². The van der Waals surface area contributed by atoms with E-state index in [9.17, 15) is 4.39 Å². The van der Waals surface area contributed by atoms with Crippen molar-refractivity contribution in [3.8, 4) is 23.7 Å². The summed E-state index contributed by atoms with van der Waals surface area (Å²) in [7, 11) is 0. The standard InChI is InChI=1S/C17H11ClFNO/c18-10-4-8-13-5-1-2-9-16(13)21-12-15-7-3-6-14(11-20)17(15)19/h1-3,5-7,9H,10,12H2. The number of hydrogen-bond acceptors (Lipinski definition) is 2. The highest BCUT2D eigenvalue weighted by Gasteiger charge is 2.09. The maximum atomic E-state index is 13.9. The fourth-order valence-corrected chi connectivity index (χ4v) is 1.82. The zero-order chi connectivity index (χ0) is 15.1. The first-order valence-electron chi connectivity index (χ1n) is 6.20. The Morgan fingerprint density at radius 1 is 1.10 bits per heavy atom. The van der Waals surface area contributed by atoms with Gasteiger partial charge in [-0.25, -0.2) is 4.39 Å². The Morgan fingerprint density at radius 2 is 1.86 bits per heavy atom. The highest BCUT2D eigenvalue weighted by atomic mass is 35.5. The molecule has 0 spiro atoms. The van der Waals surface area contributed by atoms with Crippen molar-refractivity contribution in [2.24, 2.45) is 0 Å². The van der Waals surface area contributed by atoms with Gasteiger partial charge in [0.25, 0.3) is 0 Å². The van der Waals surface area contributed by atoms with Crippen LogP contribution < -0.4 is 4.74 Å². The molecule has 0 fully saturated rings. The quantitative estimate of drug-likeness (QED) is 0.637. The molecule has 0 aliphatic carbocycles. The Balaban J connectivity index is 2.20. The highest BCUT2D eigenvalue weighted by molar-refractivity contribution is 6.19. The molecule has 0 bridgehead atoms. The number of nitriles is 1. The SMILES string of the molecule is N#Cc1cccc(COc2ccccc2C#CCCl)c1F. The van der Waals surface area contributed by atoms with Crippen molar-refractivity contribution in [2.75, 3.05) is 5.88 Å². The molecule has 0 heterocycles. The van der Waals surface area contributed by atoms with Crippen molar-refractivity contribution >= 4 is 11.6 Å². The molecule has 21 heavy (non-hydrogen) atoms. The Kier molecular flexibility index (Phi) is 5.21. The lowest BCUT2D eigenvalue weighted by molar-refractivity contribution is 0.299. The maximum Gasteiger partial charge on any atom is 0.147 e. The molecule has 0 aromatic heterocycles. The number of benzene rings is 2. The molecule has 2 aromatic carbocycles. The van der Waals surface area contributed by atoms with E-state index in [1.54, 1.807) is 30.3 Å². The normalized spacial score (nSPS) is 9.38. The van der Waals surface area contributed by atoms with Crippen LogP contribution in [-0.4, -0.2) is 5.88 Å². The van der Waals surface area contributed by atoms with Gasteiger partial charge in [0, 0.05) is 5.56 Å². The summed E-state index contributed by atoms with van der Waals surface area (Å²) in [5.74, 6) is 5.86. The van der Waals surface area contributed by atoms with E-state index >= 15 is 0 Å². The Hall–Kier alpha value is -2.49. The van der Waals surface area contributed by atoms with Crippen molar-refractivity contribution in [1.29, 1.82) is 5.26 Å². The molecule has 2 aromatic rings. The van der Waals surface area contributed by atoms with E-state index in [0.29, 0.717) is 16.9 Å². The second-order valence-electron chi connectivity index (χ2n) is 4.11. The zero-order valence-electron chi connectivity index (χ0n) is 11.1. The van der Waals surface area contributed by atoms with E-state index in [1.807, 2.05) is 12.1 Å². The van der Waals surface area contributed by atoms with Gasteiger partial charge in [0.05, 0.1) is 17.0 Å². The molecule has 0 radical (unpaired) electrons. The number of halogens is 2. The minimum atomic E-state index is -0.552. The van der Waals surface area contributed by atoms with Gasteiger partial charge in [0.1, 0.15) is 24.2 Å². The molecular formula is C17H11ClFNO. The third kappa shape index (κ3) is 3.75. The van der Waals surface area contributed by atoms with Crippen molar-refractivity contribution in [3.05, 3.63) is 65.0 Å². The number of ether oxygens (including phenoxy) is 1. The van der Waals surface area contributed by atoms with Crippen LogP contribution >= 0.6 is 11.6 Å². The van der Waals surface area contributed by atoms with Gasteiger partial charge in [0.15, 0.2) is 0 Å². The van der Waals surface area contributed by atoms with Gasteiger partial charge in [-0.05, 0) is 18.2 Å². The van der Waals surface area contributed by atoms with Gasteiger partial charge in [-0.2, -0.15) is 5.26 Å². The van der Waals surface area contributed by atoms with E-state index in [0.717, 1.165) is 0 Å². The van der Waals surface area contributed by atoms with Crippen LogP contribution in [0, 0.1) is 29.0 Å². The molecule has 2 rings (SSSR count). The molecule has 0 unspecified atom stereocenters. The molecule has 0 saturated heterocycles. The molecule has 0 atom stereocenters. The Bertz CT molecular complexity index is 740. The molecule has 2 nitrogen and oxygen atoms in total. The fourth-order valence-electron chi connectivity index (χ4n) is 1.76. The lowest BCUT2D eigenvalue weighted by atomic mass is 10.1. The monoisotopic (exact) mass is 299 g/mol. The average molecular weight is 300 g/mol. The maximum absolute atomic E-state index is 13.9. The van der Waals surface area contributed by atoms with Gasteiger partial charge in [-0.15, -0.1) is 11.6 Å². The third-order valence-corrected chi connectivity index (χ3v) is 2.89. The van der Waals surface area contributed by atoms with Crippen molar-refractivity contribution in [1.82, 2.24) is 0 Å². The lowest BCUT2D eigenvalue weighted by Crippen LogP contribution is -2.01. The first kappa shape index (κ1) is 14.9. The van der Waals surface area contributed by atoms with Crippen LogP contribution in [0.2, 0.25) is 0 Å². The summed E-state index contributed by atoms with van der Waals surface area (Å²) in [6, 6.07) is 13.6. The summed E-state index contributed by atoms with van der Waals surface area (Å²) < 4.78 is 19.5. The number of rotatable bonds is 3. The highest BCUT2D eigenvalue weighted by Crippen LogP contribution is 2.20. The van der Waals surface area contributed by atoms with Crippen LogP contribution in [0.4, 0.5) is 4.39 Å². The van der Waals surface area contributed by atoms with E-state index in [-0.39, 0.29) is 18.1 Å². The minimum absolute atomic E-state index is 0.00585. The van der Waals surface area contributed by atoms with Crippen LogP contribution in [0.5, 0.6) is 5.75 Å².